The van der Waals surface area contributed by atoms with Crippen LogP contribution in [0.2, 0.25) is 0 Å². The number of hydrogen-bond acceptors (Lipinski definition) is 4. The van der Waals surface area contributed by atoms with Gasteiger partial charge in [0, 0.05) is 17.8 Å². The molecular formula is C11H6F3N3O3. The lowest BCUT2D eigenvalue weighted by molar-refractivity contribution is -0.384. The maximum atomic E-state index is 12.4. The molecule has 9 heteroatoms. The molecule has 0 amide bonds. The molecule has 0 saturated carbocycles. The Morgan fingerprint density at radius 2 is 2.00 bits per heavy atom. The van der Waals surface area contributed by atoms with Gasteiger partial charge < -0.3 is 0 Å². The van der Waals surface area contributed by atoms with Crippen molar-refractivity contribution >= 4 is 12.0 Å². The second-order valence-corrected chi connectivity index (χ2v) is 3.77. The van der Waals surface area contributed by atoms with Crippen molar-refractivity contribution in [1.82, 2.24) is 9.78 Å². The number of halogens is 3. The summed E-state index contributed by atoms with van der Waals surface area (Å²) in [6, 6.07) is 4.09. The molecule has 0 unspecified atom stereocenters. The van der Waals surface area contributed by atoms with Crippen LogP contribution in [0.15, 0.2) is 30.5 Å². The van der Waals surface area contributed by atoms with Gasteiger partial charge in [0.1, 0.15) is 12.0 Å². The summed E-state index contributed by atoms with van der Waals surface area (Å²) in [5.74, 6) is 0. The van der Waals surface area contributed by atoms with Gasteiger partial charge in [0.05, 0.1) is 4.92 Å². The molecule has 0 aliphatic carbocycles. The van der Waals surface area contributed by atoms with Crippen molar-refractivity contribution in [1.29, 1.82) is 0 Å². The maximum absolute atomic E-state index is 12.4. The van der Waals surface area contributed by atoms with Gasteiger partial charge in [-0.1, -0.05) is 0 Å². The van der Waals surface area contributed by atoms with E-state index in [-0.39, 0.29) is 11.3 Å². The number of benzene rings is 1. The standard InChI is InChI=1S/C11H6F3N3O3/c12-11(13,14)10-3-4-16(15-10)8-2-1-7(6-18)5-9(8)17(19)20/h1-6H. The quantitative estimate of drug-likeness (QED) is 0.493. The van der Waals surface area contributed by atoms with Gasteiger partial charge in [-0.15, -0.1) is 0 Å². The first-order valence-electron chi connectivity index (χ1n) is 5.20. The van der Waals surface area contributed by atoms with Crippen LogP contribution in [-0.4, -0.2) is 21.0 Å². The van der Waals surface area contributed by atoms with Crippen LogP contribution in [0.25, 0.3) is 5.69 Å². The molecule has 1 aromatic carbocycles. The van der Waals surface area contributed by atoms with Gasteiger partial charge in [0.2, 0.25) is 0 Å². The summed E-state index contributed by atoms with van der Waals surface area (Å²) < 4.78 is 38.1. The van der Waals surface area contributed by atoms with Crippen molar-refractivity contribution in [3.05, 3.63) is 51.8 Å². The number of rotatable bonds is 3. The zero-order valence-corrected chi connectivity index (χ0v) is 9.66. The number of carbonyl (C=O) groups is 1. The van der Waals surface area contributed by atoms with Gasteiger partial charge in [-0.25, -0.2) is 4.68 Å². The highest BCUT2D eigenvalue weighted by molar-refractivity contribution is 5.77. The molecule has 0 aliphatic heterocycles. The number of alkyl halides is 3. The first kappa shape index (κ1) is 13.7. The topological polar surface area (TPSA) is 78.0 Å². The van der Waals surface area contributed by atoms with Gasteiger partial charge in [-0.3, -0.25) is 14.9 Å². The minimum atomic E-state index is -4.64. The Bertz CT molecular complexity index is 679. The van der Waals surface area contributed by atoms with E-state index in [1.165, 1.54) is 6.07 Å². The minimum Gasteiger partial charge on any atom is -0.298 e. The van der Waals surface area contributed by atoms with E-state index < -0.39 is 22.5 Å². The van der Waals surface area contributed by atoms with Crippen LogP contribution in [0.4, 0.5) is 18.9 Å². The lowest BCUT2D eigenvalue weighted by atomic mass is 10.2. The maximum Gasteiger partial charge on any atom is 0.435 e. The highest BCUT2D eigenvalue weighted by atomic mass is 19.4. The SMILES string of the molecule is O=Cc1ccc(-n2ccc(C(F)(F)F)n2)c([N+](=O)[O-])c1. The third-order valence-electron chi connectivity index (χ3n) is 2.46. The smallest absolute Gasteiger partial charge is 0.298 e. The second-order valence-electron chi connectivity index (χ2n) is 3.77. The number of nitro groups is 1. The fourth-order valence-electron chi connectivity index (χ4n) is 1.56. The Hall–Kier alpha value is -2.71. The van der Waals surface area contributed by atoms with E-state index in [0.717, 1.165) is 23.0 Å². The molecule has 1 heterocycles. The molecule has 2 aromatic rings. The van der Waals surface area contributed by atoms with Crippen LogP contribution in [0.1, 0.15) is 16.1 Å². The predicted octanol–water partition coefficient (Wildman–Crippen LogP) is 2.61. The van der Waals surface area contributed by atoms with Crippen molar-refractivity contribution in [3.63, 3.8) is 0 Å². The fourth-order valence-corrected chi connectivity index (χ4v) is 1.56. The summed E-state index contributed by atoms with van der Waals surface area (Å²) >= 11 is 0. The molecule has 0 N–H and O–H groups in total. The van der Waals surface area contributed by atoms with E-state index in [1.807, 2.05) is 0 Å². The van der Waals surface area contributed by atoms with Crippen molar-refractivity contribution in [3.8, 4) is 5.69 Å². The molecule has 0 spiro atoms. The molecule has 104 valence electrons. The molecular weight excluding hydrogens is 279 g/mol. The van der Waals surface area contributed by atoms with E-state index in [4.69, 9.17) is 0 Å². The average Bonchev–Trinajstić information content (AvgIpc) is 2.87. The molecule has 6 nitrogen and oxygen atoms in total. The number of nitro benzene ring substituents is 1. The van der Waals surface area contributed by atoms with Gasteiger partial charge >= 0.3 is 6.18 Å². The third-order valence-corrected chi connectivity index (χ3v) is 2.46. The fraction of sp³-hybridized carbons (Fsp3) is 0.0909. The summed E-state index contributed by atoms with van der Waals surface area (Å²) in [5.41, 5.74) is -1.78. The van der Waals surface area contributed by atoms with Crippen LogP contribution in [-0.2, 0) is 6.18 Å². The van der Waals surface area contributed by atoms with Gasteiger partial charge in [-0.2, -0.15) is 18.3 Å². The highest BCUT2D eigenvalue weighted by Gasteiger charge is 2.34. The van der Waals surface area contributed by atoms with E-state index in [0.29, 0.717) is 12.4 Å². The van der Waals surface area contributed by atoms with Crippen LogP contribution in [0, 0.1) is 10.1 Å². The third kappa shape index (κ3) is 2.51. The largest absolute Gasteiger partial charge is 0.435 e. The van der Waals surface area contributed by atoms with Gasteiger partial charge in [-0.05, 0) is 18.2 Å². The summed E-state index contributed by atoms with van der Waals surface area (Å²) in [6.45, 7) is 0. The van der Waals surface area contributed by atoms with Crippen molar-refractivity contribution in [2.75, 3.05) is 0 Å². The second kappa shape index (κ2) is 4.76. The first-order valence-corrected chi connectivity index (χ1v) is 5.20. The van der Waals surface area contributed by atoms with Crippen molar-refractivity contribution in [2.45, 2.75) is 6.18 Å². The average molecular weight is 285 g/mol. The molecule has 0 radical (unpaired) electrons. The van der Waals surface area contributed by atoms with E-state index >= 15 is 0 Å². The molecule has 0 atom stereocenters. The Morgan fingerprint density at radius 3 is 2.50 bits per heavy atom. The molecule has 0 bridgehead atoms. The normalized spacial score (nSPS) is 11.3. The number of nitrogens with zero attached hydrogens (tertiary/aromatic N) is 3. The molecule has 1 aromatic heterocycles. The lowest BCUT2D eigenvalue weighted by Gasteiger charge is -2.04. The predicted molar refractivity (Wildman–Crippen MR) is 60.6 cm³/mol. The lowest BCUT2D eigenvalue weighted by Crippen LogP contribution is -2.08. The molecule has 20 heavy (non-hydrogen) atoms. The summed E-state index contributed by atoms with van der Waals surface area (Å²) in [5, 5.41) is 14.1. The van der Waals surface area contributed by atoms with E-state index in [2.05, 4.69) is 5.10 Å². The first-order chi connectivity index (χ1) is 9.32. The van der Waals surface area contributed by atoms with E-state index in [1.54, 1.807) is 0 Å². The molecule has 0 saturated heterocycles. The summed E-state index contributed by atoms with van der Waals surface area (Å²) in [6.07, 6.45) is -3.27. The van der Waals surface area contributed by atoms with Crippen molar-refractivity contribution in [2.24, 2.45) is 0 Å². The van der Waals surface area contributed by atoms with Crippen LogP contribution in [0.3, 0.4) is 0 Å². The van der Waals surface area contributed by atoms with Crippen LogP contribution in [0.5, 0.6) is 0 Å². The van der Waals surface area contributed by atoms with E-state index in [9.17, 15) is 28.1 Å². The van der Waals surface area contributed by atoms with Gasteiger partial charge in [0.15, 0.2) is 5.69 Å². The molecule has 2 rings (SSSR count). The van der Waals surface area contributed by atoms with Crippen LogP contribution >= 0.6 is 0 Å². The molecule has 0 aliphatic rings. The Balaban J connectivity index is 2.55. The van der Waals surface area contributed by atoms with Crippen molar-refractivity contribution < 1.29 is 22.9 Å². The number of aldehydes is 1. The monoisotopic (exact) mass is 285 g/mol. The Labute approximate surface area is 109 Å². The summed E-state index contributed by atoms with van der Waals surface area (Å²) in [4.78, 5) is 20.7. The van der Waals surface area contributed by atoms with Gasteiger partial charge in [0.25, 0.3) is 5.69 Å². The number of aromatic nitrogens is 2. The van der Waals surface area contributed by atoms with Crippen LogP contribution < -0.4 is 0 Å². The zero-order valence-electron chi connectivity index (χ0n) is 9.66. The highest BCUT2D eigenvalue weighted by Crippen LogP contribution is 2.29. The minimum absolute atomic E-state index is 0.0450. The summed E-state index contributed by atoms with van der Waals surface area (Å²) in [7, 11) is 0. The number of hydrogen-bond donors (Lipinski definition) is 0. The number of carbonyl (C=O) groups excluding carboxylic acids is 1. The molecule has 0 fully saturated rings. The zero-order chi connectivity index (χ0) is 14.9. The Kier molecular flexibility index (Phi) is 3.26. The Morgan fingerprint density at radius 1 is 1.30 bits per heavy atom.